The van der Waals surface area contributed by atoms with Crippen LogP contribution >= 0.6 is 0 Å². The van der Waals surface area contributed by atoms with E-state index in [0.717, 1.165) is 19.3 Å². The minimum atomic E-state index is -0.0307. The summed E-state index contributed by atoms with van der Waals surface area (Å²) < 4.78 is 5.19. The van der Waals surface area contributed by atoms with Crippen molar-refractivity contribution in [1.29, 1.82) is 0 Å². The van der Waals surface area contributed by atoms with Gasteiger partial charge in [-0.15, -0.1) is 0 Å². The van der Waals surface area contributed by atoms with Crippen LogP contribution in [0.4, 0.5) is 5.69 Å². The Balaban J connectivity index is 2.20. The van der Waals surface area contributed by atoms with Crippen LogP contribution in [-0.4, -0.2) is 18.8 Å². The molecule has 0 unspecified atom stereocenters. The van der Waals surface area contributed by atoms with E-state index in [0.29, 0.717) is 17.0 Å². The molecule has 2 rings (SSSR count). The van der Waals surface area contributed by atoms with Crippen molar-refractivity contribution in [2.45, 2.75) is 26.2 Å². The standard InChI is InChI=1S/C14H17NO3/c1-9(16)11-6-7-13(18-2)12(8-11)15-14(17)10-4-3-5-10/h6-8,10H,3-5H2,1-2H3,(H,15,17). The van der Waals surface area contributed by atoms with Crippen molar-refractivity contribution < 1.29 is 14.3 Å². The van der Waals surface area contributed by atoms with Crippen molar-refractivity contribution in [3.63, 3.8) is 0 Å². The molecule has 0 saturated heterocycles. The second-order valence-corrected chi connectivity index (χ2v) is 4.59. The van der Waals surface area contributed by atoms with Crippen LogP contribution in [0, 0.1) is 5.92 Å². The fraction of sp³-hybridized carbons (Fsp3) is 0.429. The molecule has 1 aliphatic carbocycles. The van der Waals surface area contributed by atoms with Crippen molar-refractivity contribution in [2.24, 2.45) is 5.92 Å². The molecule has 0 bridgehead atoms. The zero-order valence-corrected chi connectivity index (χ0v) is 10.7. The van der Waals surface area contributed by atoms with Crippen LogP contribution < -0.4 is 10.1 Å². The fourth-order valence-electron chi connectivity index (χ4n) is 1.93. The van der Waals surface area contributed by atoms with Crippen molar-refractivity contribution in [1.82, 2.24) is 0 Å². The number of nitrogens with one attached hydrogen (secondary N) is 1. The van der Waals surface area contributed by atoms with Crippen molar-refractivity contribution >= 4 is 17.4 Å². The Morgan fingerprint density at radius 1 is 1.33 bits per heavy atom. The highest BCUT2D eigenvalue weighted by atomic mass is 16.5. The molecule has 1 amide bonds. The summed E-state index contributed by atoms with van der Waals surface area (Å²) in [6.07, 6.45) is 3.00. The number of methoxy groups -OCH3 is 1. The van der Waals surface area contributed by atoms with E-state index in [-0.39, 0.29) is 17.6 Å². The summed E-state index contributed by atoms with van der Waals surface area (Å²) in [7, 11) is 1.54. The molecule has 1 aromatic carbocycles. The van der Waals surface area contributed by atoms with Crippen LogP contribution in [0.2, 0.25) is 0 Å². The van der Waals surface area contributed by atoms with Crippen LogP contribution in [-0.2, 0) is 4.79 Å². The second kappa shape index (κ2) is 5.21. The quantitative estimate of drug-likeness (QED) is 0.832. The third-order valence-corrected chi connectivity index (χ3v) is 3.34. The van der Waals surface area contributed by atoms with E-state index in [2.05, 4.69) is 5.32 Å². The Labute approximate surface area is 106 Å². The van der Waals surface area contributed by atoms with Gasteiger partial charge in [-0.3, -0.25) is 9.59 Å². The molecule has 0 spiro atoms. The number of hydrogen-bond donors (Lipinski definition) is 1. The Morgan fingerprint density at radius 2 is 2.06 bits per heavy atom. The van der Waals surface area contributed by atoms with Gasteiger partial charge in [0.25, 0.3) is 0 Å². The maximum Gasteiger partial charge on any atom is 0.227 e. The molecule has 1 fully saturated rings. The monoisotopic (exact) mass is 247 g/mol. The Bertz CT molecular complexity index is 478. The number of carbonyl (C=O) groups excluding carboxylic acids is 2. The largest absolute Gasteiger partial charge is 0.495 e. The SMILES string of the molecule is COc1ccc(C(C)=O)cc1NC(=O)C1CCC1. The van der Waals surface area contributed by atoms with Gasteiger partial charge in [-0.2, -0.15) is 0 Å². The lowest BCUT2D eigenvalue weighted by atomic mass is 9.85. The van der Waals surface area contributed by atoms with Crippen LogP contribution in [0.3, 0.4) is 0 Å². The van der Waals surface area contributed by atoms with Crippen LogP contribution in [0.5, 0.6) is 5.75 Å². The van der Waals surface area contributed by atoms with Crippen LogP contribution in [0.1, 0.15) is 36.5 Å². The van der Waals surface area contributed by atoms with Gasteiger partial charge in [0.15, 0.2) is 5.78 Å². The number of hydrogen-bond acceptors (Lipinski definition) is 3. The number of ketones is 1. The Kier molecular flexibility index (Phi) is 3.65. The molecule has 1 aliphatic rings. The van der Waals surface area contributed by atoms with Gasteiger partial charge in [-0.1, -0.05) is 6.42 Å². The summed E-state index contributed by atoms with van der Waals surface area (Å²) >= 11 is 0. The molecule has 0 radical (unpaired) electrons. The number of rotatable bonds is 4. The van der Waals surface area contributed by atoms with Gasteiger partial charge in [-0.25, -0.2) is 0 Å². The lowest BCUT2D eigenvalue weighted by Gasteiger charge is -2.24. The van der Waals surface area contributed by atoms with E-state index in [1.165, 1.54) is 6.92 Å². The molecule has 4 nitrogen and oxygen atoms in total. The smallest absolute Gasteiger partial charge is 0.227 e. The minimum Gasteiger partial charge on any atom is -0.495 e. The van der Waals surface area contributed by atoms with Crippen molar-refractivity contribution in [2.75, 3.05) is 12.4 Å². The zero-order chi connectivity index (χ0) is 13.1. The minimum absolute atomic E-state index is 0.0141. The summed E-state index contributed by atoms with van der Waals surface area (Å²) in [5, 5.41) is 2.84. The molecule has 4 heteroatoms. The fourth-order valence-corrected chi connectivity index (χ4v) is 1.93. The van der Waals surface area contributed by atoms with E-state index in [1.54, 1.807) is 25.3 Å². The first kappa shape index (κ1) is 12.6. The van der Waals surface area contributed by atoms with Gasteiger partial charge in [0.2, 0.25) is 5.91 Å². The van der Waals surface area contributed by atoms with Crippen LogP contribution in [0.25, 0.3) is 0 Å². The summed E-state index contributed by atoms with van der Waals surface area (Å²) in [5.74, 6) is 0.667. The van der Waals surface area contributed by atoms with Crippen LogP contribution in [0.15, 0.2) is 18.2 Å². The molecule has 0 aliphatic heterocycles. The van der Waals surface area contributed by atoms with Gasteiger partial charge in [0.05, 0.1) is 12.8 Å². The zero-order valence-electron chi connectivity index (χ0n) is 10.7. The molecule has 0 aromatic heterocycles. The first-order valence-electron chi connectivity index (χ1n) is 6.11. The summed E-state index contributed by atoms with van der Waals surface area (Å²) in [5.41, 5.74) is 1.14. The van der Waals surface area contributed by atoms with E-state index in [1.807, 2.05) is 0 Å². The first-order valence-corrected chi connectivity index (χ1v) is 6.11. The average molecular weight is 247 g/mol. The number of amides is 1. The summed E-state index contributed by atoms with van der Waals surface area (Å²) in [6, 6.07) is 5.06. The summed E-state index contributed by atoms with van der Waals surface area (Å²) in [6.45, 7) is 1.50. The number of benzene rings is 1. The average Bonchev–Trinajstić information content (AvgIpc) is 2.26. The molecule has 18 heavy (non-hydrogen) atoms. The summed E-state index contributed by atoms with van der Waals surface area (Å²) in [4.78, 5) is 23.2. The van der Waals surface area contributed by atoms with E-state index >= 15 is 0 Å². The van der Waals surface area contributed by atoms with E-state index in [9.17, 15) is 9.59 Å². The molecule has 96 valence electrons. The number of anilines is 1. The maximum atomic E-state index is 11.9. The first-order chi connectivity index (χ1) is 8.61. The third kappa shape index (κ3) is 2.53. The predicted octanol–water partition coefficient (Wildman–Crippen LogP) is 2.64. The van der Waals surface area contributed by atoms with Crippen molar-refractivity contribution in [3.05, 3.63) is 23.8 Å². The molecular weight excluding hydrogens is 230 g/mol. The number of carbonyl (C=O) groups is 2. The second-order valence-electron chi connectivity index (χ2n) is 4.59. The lowest BCUT2D eigenvalue weighted by molar-refractivity contribution is -0.122. The lowest BCUT2D eigenvalue weighted by Crippen LogP contribution is -2.28. The molecule has 1 aromatic rings. The maximum absolute atomic E-state index is 11.9. The number of Topliss-reactive ketones (excluding diaryl/α,β-unsaturated/α-hetero) is 1. The van der Waals surface area contributed by atoms with Gasteiger partial charge < -0.3 is 10.1 Å². The topological polar surface area (TPSA) is 55.4 Å². The number of ether oxygens (including phenoxy) is 1. The molecule has 1 saturated carbocycles. The van der Waals surface area contributed by atoms with Gasteiger partial charge in [0, 0.05) is 11.5 Å². The van der Waals surface area contributed by atoms with Gasteiger partial charge >= 0.3 is 0 Å². The molecular formula is C14H17NO3. The highest BCUT2D eigenvalue weighted by Gasteiger charge is 2.25. The highest BCUT2D eigenvalue weighted by molar-refractivity contribution is 5.99. The van der Waals surface area contributed by atoms with E-state index in [4.69, 9.17) is 4.74 Å². The Morgan fingerprint density at radius 3 is 2.56 bits per heavy atom. The Hall–Kier alpha value is -1.84. The van der Waals surface area contributed by atoms with Crippen molar-refractivity contribution in [3.8, 4) is 5.75 Å². The predicted molar refractivity (Wildman–Crippen MR) is 69.0 cm³/mol. The molecule has 0 heterocycles. The molecule has 0 atom stereocenters. The van der Waals surface area contributed by atoms with Gasteiger partial charge in [-0.05, 0) is 38.0 Å². The molecule has 1 N–H and O–H groups in total. The highest BCUT2D eigenvalue weighted by Crippen LogP contribution is 2.30. The normalized spacial score (nSPS) is 14.8. The van der Waals surface area contributed by atoms with Gasteiger partial charge in [0.1, 0.15) is 5.75 Å². The third-order valence-electron chi connectivity index (χ3n) is 3.34. The van der Waals surface area contributed by atoms with E-state index < -0.39 is 0 Å².